The molecular formula is C11H18N2O. The lowest BCUT2D eigenvalue weighted by Gasteiger charge is -2.13. The summed E-state index contributed by atoms with van der Waals surface area (Å²) < 4.78 is 5.22. The highest BCUT2D eigenvalue weighted by atomic mass is 16.5. The second kappa shape index (κ2) is 4.86. The molecule has 0 unspecified atom stereocenters. The fourth-order valence-electron chi connectivity index (χ4n) is 1.41. The van der Waals surface area contributed by atoms with Crippen LogP contribution < -0.4 is 10.1 Å². The van der Waals surface area contributed by atoms with Gasteiger partial charge in [-0.25, -0.2) is 0 Å². The number of hydrogen-bond donors (Lipinski definition) is 1. The molecule has 0 aliphatic rings. The maximum Gasteiger partial charge on any atom is 0.141 e. The van der Waals surface area contributed by atoms with E-state index in [1.807, 2.05) is 13.1 Å². The first-order chi connectivity index (χ1) is 6.67. The maximum absolute atomic E-state index is 5.22. The summed E-state index contributed by atoms with van der Waals surface area (Å²) in [6.07, 6.45) is 0. The van der Waals surface area contributed by atoms with Crippen LogP contribution in [0.1, 0.15) is 5.56 Å². The Bertz CT molecular complexity index is 297. The monoisotopic (exact) mass is 194 g/mol. The van der Waals surface area contributed by atoms with Crippen molar-refractivity contribution in [1.29, 1.82) is 0 Å². The van der Waals surface area contributed by atoms with E-state index in [1.165, 1.54) is 5.56 Å². The maximum atomic E-state index is 5.22. The molecule has 0 aromatic heterocycles. The van der Waals surface area contributed by atoms with E-state index in [2.05, 4.69) is 36.4 Å². The number of benzene rings is 1. The second-order valence-corrected chi connectivity index (χ2v) is 3.52. The van der Waals surface area contributed by atoms with Crippen LogP contribution in [0.2, 0.25) is 0 Å². The number of hydrogen-bond acceptors (Lipinski definition) is 3. The molecule has 3 nitrogen and oxygen atoms in total. The van der Waals surface area contributed by atoms with Crippen LogP contribution >= 0.6 is 0 Å². The molecule has 0 aliphatic carbocycles. The number of anilines is 1. The van der Waals surface area contributed by atoms with E-state index in [4.69, 9.17) is 4.74 Å². The highest BCUT2D eigenvalue weighted by Crippen LogP contribution is 2.25. The van der Waals surface area contributed by atoms with Crippen molar-refractivity contribution >= 4 is 5.69 Å². The van der Waals surface area contributed by atoms with Crippen molar-refractivity contribution in [3.8, 4) is 5.75 Å². The Labute approximate surface area is 85.7 Å². The fourth-order valence-corrected chi connectivity index (χ4v) is 1.41. The summed E-state index contributed by atoms with van der Waals surface area (Å²) in [4.78, 5) is 2.14. The third-order valence-corrected chi connectivity index (χ3v) is 2.03. The lowest BCUT2D eigenvalue weighted by molar-refractivity contribution is 0.400. The number of nitrogens with zero attached hydrogens (tertiary/aromatic N) is 1. The minimum Gasteiger partial charge on any atom is -0.495 e. The van der Waals surface area contributed by atoms with Crippen molar-refractivity contribution in [1.82, 2.24) is 4.90 Å². The molecule has 78 valence electrons. The zero-order valence-electron chi connectivity index (χ0n) is 9.29. The molecular weight excluding hydrogens is 176 g/mol. The minimum absolute atomic E-state index is 0.884. The summed E-state index contributed by atoms with van der Waals surface area (Å²) in [7, 11) is 7.70. The van der Waals surface area contributed by atoms with E-state index in [0.717, 1.165) is 18.0 Å². The van der Waals surface area contributed by atoms with Gasteiger partial charge in [-0.05, 0) is 31.8 Å². The molecule has 0 amide bonds. The van der Waals surface area contributed by atoms with Gasteiger partial charge in [0, 0.05) is 13.6 Å². The first kappa shape index (κ1) is 10.9. The third-order valence-electron chi connectivity index (χ3n) is 2.03. The van der Waals surface area contributed by atoms with Gasteiger partial charge >= 0.3 is 0 Å². The Morgan fingerprint density at radius 1 is 1.36 bits per heavy atom. The number of methoxy groups -OCH3 is 1. The fraction of sp³-hybridized carbons (Fsp3) is 0.455. The number of rotatable bonds is 4. The van der Waals surface area contributed by atoms with Crippen LogP contribution in [0.3, 0.4) is 0 Å². The van der Waals surface area contributed by atoms with Gasteiger partial charge in [0.25, 0.3) is 0 Å². The zero-order valence-corrected chi connectivity index (χ0v) is 9.29. The number of nitrogens with one attached hydrogen (secondary N) is 1. The quantitative estimate of drug-likeness (QED) is 0.791. The zero-order chi connectivity index (χ0) is 10.6. The SMILES string of the molecule is CNc1cc(CN(C)C)ccc1OC. The molecule has 1 rings (SSSR count). The van der Waals surface area contributed by atoms with Gasteiger partial charge < -0.3 is 15.0 Å². The Hall–Kier alpha value is -1.22. The highest BCUT2D eigenvalue weighted by Gasteiger charge is 2.02. The number of ether oxygens (including phenoxy) is 1. The van der Waals surface area contributed by atoms with Gasteiger partial charge in [-0.15, -0.1) is 0 Å². The van der Waals surface area contributed by atoms with Gasteiger partial charge in [-0.1, -0.05) is 6.07 Å². The van der Waals surface area contributed by atoms with Crippen molar-refractivity contribution in [3.63, 3.8) is 0 Å². The topological polar surface area (TPSA) is 24.5 Å². The summed E-state index contributed by atoms with van der Waals surface area (Å²) in [5.74, 6) is 0.884. The third kappa shape index (κ3) is 2.64. The Balaban J connectivity index is 2.89. The van der Waals surface area contributed by atoms with Crippen LogP contribution in [0.15, 0.2) is 18.2 Å². The predicted octanol–water partition coefficient (Wildman–Crippen LogP) is 1.80. The van der Waals surface area contributed by atoms with Gasteiger partial charge in [-0.3, -0.25) is 0 Å². The second-order valence-electron chi connectivity index (χ2n) is 3.52. The summed E-state index contributed by atoms with van der Waals surface area (Å²) in [5.41, 5.74) is 2.31. The average molecular weight is 194 g/mol. The molecule has 0 bridgehead atoms. The molecule has 0 radical (unpaired) electrons. The molecule has 3 heteroatoms. The van der Waals surface area contributed by atoms with E-state index in [9.17, 15) is 0 Å². The van der Waals surface area contributed by atoms with Crippen molar-refractivity contribution in [2.45, 2.75) is 6.54 Å². The largest absolute Gasteiger partial charge is 0.495 e. The van der Waals surface area contributed by atoms with Crippen LogP contribution in [0.4, 0.5) is 5.69 Å². The van der Waals surface area contributed by atoms with E-state index >= 15 is 0 Å². The van der Waals surface area contributed by atoms with Crippen molar-refractivity contribution < 1.29 is 4.74 Å². The smallest absolute Gasteiger partial charge is 0.141 e. The molecule has 0 saturated carbocycles. The van der Waals surface area contributed by atoms with E-state index in [-0.39, 0.29) is 0 Å². The Kier molecular flexibility index (Phi) is 3.77. The first-order valence-corrected chi connectivity index (χ1v) is 4.66. The van der Waals surface area contributed by atoms with Crippen molar-refractivity contribution in [3.05, 3.63) is 23.8 Å². The highest BCUT2D eigenvalue weighted by molar-refractivity contribution is 5.57. The summed E-state index contributed by atoms with van der Waals surface area (Å²) in [6.45, 7) is 0.943. The predicted molar refractivity (Wildman–Crippen MR) is 59.9 cm³/mol. The molecule has 14 heavy (non-hydrogen) atoms. The summed E-state index contributed by atoms with van der Waals surface area (Å²) in [5, 5.41) is 3.12. The van der Waals surface area contributed by atoms with Gasteiger partial charge in [-0.2, -0.15) is 0 Å². The molecule has 1 aromatic carbocycles. The van der Waals surface area contributed by atoms with E-state index < -0.39 is 0 Å². The standard InChI is InChI=1S/C11H18N2O/c1-12-10-7-9(8-13(2)3)5-6-11(10)14-4/h5-7,12H,8H2,1-4H3. The summed E-state index contributed by atoms with van der Waals surface area (Å²) in [6, 6.07) is 6.18. The van der Waals surface area contributed by atoms with Crippen LogP contribution in [-0.2, 0) is 6.54 Å². The average Bonchev–Trinajstić information content (AvgIpc) is 2.16. The molecule has 0 atom stereocenters. The molecule has 0 heterocycles. The van der Waals surface area contributed by atoms with Gasteiger partial charge in [0.05, 0.1) is 12.8 Å². The van der Waals surface area contributed by atoms with Gasteiger partial charge in [0.1, 0.15) is 5.75 Å². The van der Waals surface area contributed by atoms with Crippen molar-refractivity contribution in [2.75, 3.05) is 33.6 Å². The van der Waals surface area contributed by atoms with Crippen molar-refractivity contribution in [2.24, 2.45) is 0 Å². The summed E-state index contributed by atoms with van der Waals surface area (Å²) >= 11 is 0. The van der Waals surface area contributed by atoms with E-state index in [0.29, 0.717) is 0 Å². The lowest BCUT2D eigenvalue weighted by Crippen LogP contribution is -2.10. The Morgan fingerprint density at radius 2 is 2.07 bits per heavy atom. The molecule has 0 aliphatic heterocycles. The first-order valence-electron chi connectivity index (χ1n) is 4.66. The van der Waals surface area contributed by atoms with Crippen LogP contribution in [0.25, 0.3) is 0 Å². The molecule has 0 saturated heterocycles. The van der Waals surface area contributed by atoms with Crippen LogP contribution in [0.5, 0.6) is 5.75 Å². The molecule has 0 spiro atoms. The normalized spacial score (nSPS) is 10.4. The van der Waals surface area contributed by atoms with Gasteiger partial charge in [0.2, 0.25) is 0 Å². The van der Waals surface area contributed by atoms with Gasteiger partial charge in [0.15, 0.2) is 0 Å². The van der Waals surface area contributed by atoms with Crippen LogP contribution in [0, 0.1) is 0 Å². The Morgan fingerprint density at radius 3 is 2.57 bits per heavy atom. The molecule has 1 N–H and O–H groups in total. The minimum atomic E-state index is 0.884. The van der Waals surface area contributed by atoms with Crippen LogP contribution in [-0.4, -0.2) is 33.2 Å². The van der Waals surface area contributed by atoms with E-state index in [1.54, 1.807) is 7.11 Å². The molecule has 1 aromatic rings. The lowest BCUT2D eigenvalue weighted by atomic mass is 10.2. The molecule has 0 fully saturated rings.